The summed E-state index contributed by atoms with van der Waals surface area (Å²) in [6, 6.07) is 0. The number of carbonyl (C=O) groups is 4. The first-order valence-corrected chi connectivity index (χ1v) is 8.58. The zero-order valence-corrected chi connectivity index (χ0v) is 15.4. The first-order valence-electron chi connectivity index (χ1n) is 7.77. The highest BCUT2D eigenvalue weighted by molar-refractivity contribution is 7.18. The standard InChI is InChI=1S/C16H19NO8S/c1-8-11(15(20)22-2)13(26-12(8)16(21)23-3)17-10(18)7-25-14(19)9-5-4-6-24-9/h9H,4-7H2,1-3H3,(H,17,18)/t9-/m0/s1. The van der Waals surface area contributed by atoms with E-state index in [-0.39, 0.29) is 15.4 Å². The molecule has 2 rings (SSSR count). The van der Waals surface area contributed by atoms with Gasteiger partial charge >= 0.3 is 17.9 Å². The molecule has 1 aromatic heterocycles. The number of esters is 3. The third-order valence-electron chi connectivity index (χ3n) is 3.70. The van der Waals surface area contributed by atoms with E-state index >= 15 is 0 Å². The Balaban J connectivity index is 2.09. The molecule has 1 amide bonds. The van der Waals surface area contributed by atoms with Crippen molar-refractivity contribution < 1.29 is 38.1 Å². The molecule has 9 nitrogen and oxygen atoms in total. The van der Waals surface area contributed by atoms with Gasteiger partial charge in [0.25, 0.3) is 5.91 Å². The molecule has 0 bridgehead atoms. The van der Waals surface area contributed by atoms with Gasteiger partial charge in [-0.1, -0.05) is 0 Å². The lowest BCUT2D eigenvalue weighted by Crippen LogP contribution is -2.27. The van der Waals surface area contributed by atoms with Crippen LogP contribution in [0.5, 0.6) is 0 Å². The molecule has 1 N–H and O–H groups in total. The van der Waals surface area contributed by atoms with Gasteiger partial charge in [0.2, 0.25) is 0 Å². The van der Waals surface area contributed by atoms with E-state index in [1.165, 1.54) is 14.2 Å². The van der Waals surface area contributed by atoms with Gasteiger partial charge in [-0.15, -0.1) is 11.3 Å². The summed E-state index contributed by atoms with van der Waals surface area (Å²) >= 11 is 0.878. The summed E-state index contributed by atoms with van der Waals surface area (Å²) < 4.78 is 19.4. The van der Waals surface area contributed by atoms with Crippen LogP contribution >= 0.6 is 11.3 Å². The van der Waals surface area contributed by atoms with Crippen LogP contribution in [0.2, 0.25) is 0 Å². The summed E-state index contributed by atoms with van der Waals surface area (Å²) in [4.78, 5) is 47.8. The summed E-state index contributed by atoms with van der Waals surface area (Å²) in [5, 5.41) is 2.58. The fourth-order valence-electron chi connectivity index (χ4n) is 2.39. The lowest BCUT2D eigenvalue weighted by molar-refractivity contribution is -0.156. The lowest BCUT2D eigenvalue weighted by Gasteiger charge is -2.10. The van der Waals surface area contributed by atoms with E-state index < -0.39 is 36.5 Å². The van der Waals surface area contributed by atoms with Gasteiger partial charge in [-0.25, -0.2) is 14.4 Å². The number of hydrogen-bond acceptors (Lipinski definition) is 9. The normalized spacial score (nSPS) is 16.0. The second-order valence-corrected chi connectivity index (χ2v) is 6.42. The number of thiophene rings is 1. The minimum absolute atomic E-state index is 0.0525. The van der Waals surface area contributed by atoms with Gasteiger partial charge in [0.05, 0.1) is 19.8 Å². The fraction of sp³-hybridized carbons (Fsp3) is 0.500. The van der Waals surface area contributed by atoms with Gasteiger partial charge in [-0.3, -0.25) is 4.79 Å². The van der Waals surface area contributed by atoms with Gasteiger partial charge in [-0.05, 0) is 25.3 Å². The molecule has 0 aromatic carbocycles. The minimum Gasteiger partial charge on any atom is -0.465 e. The minimum atomic E-state index is -0.708. The Morgan fingerprint density at radius 2 is 1.88 bits per heavy atom. The molecule has 1 fully saturated rings. The van der Waals surface area contributed by atoms with E-state index in [0.717, 1.165) is 17.8 Å². The van der Waals surface area contributed by atoms with Crippen LogP contribution < -0.4 is 5.32 Å². The lowest BCUT2D eigenvalue weighted by atomic mass is 10.1. The van der Waals surface area contributed by atoms with Crippen molar-refractivity contribution in [3.05, 3.63) is 16.0 Å². The Morgan fingerprint density at radius 1 is 1.19 bits per heavy atom. The molecule has 1 atom stereocenters. The summed E-state index contributed by atoms with van der Waals surface area (Å²) in [7, 11) is 2.40. The molecular weight excluding hydrogens is 366 g/mol. The summed E-state index contributed by atoms with van der Waals surface area (Å²) in [5.74, 6) is -2.61. The van der Waals surface area contributed by atoms with Crippen LogP contribution in [0.25, 0.3) is 0 Å². The second kappa shape index (κ2) is 8.77. The number of carbonyl (C=O) groups excluding carboxylic acids is 4. The first-order chi connectivity index (χ1) is 12.4. The molecule has 1 saturated heterocycles. The van der Waals surface area contributed by atoms with E-state index in [9.17, 15) is 19.2 Å². The number of anilines is 1. The van der Waals surface area contributed by atoms with Gasteiger partial charge in [0.15, 0.2) is 12.7 Å². The molecule has 0 spiro atoms. The highest BCUT2D eigenvalue weighted by Gasteiger charge is 2.28. The van der Waals surface area contributed by atoms with E-state index in [1.54, 1.807) is 6.92 Å². The Bertz CT molecular complexity index is 720. The predicted octanol–water partition coefficient (Wildman–Crippen LogP) is 1.29. The smallest absolute Gasteiger partial charge is 0.348 e. The van der Waals surface area contributed by atoms with Crippen LogP contribution in [0.1, 0.15) is 38.4 Å². The highest BCUT2D eigenvalue weighted by Crippen LogP contribution is 2.34. The first kappa shape index (κ1) is 19.9. The van der Waals surface area contributed by atoms with Crippen LogP contribution in [0.15, 0.2) is 0 Å². The van der Waals surface area contributed by atoms with Crippen molar-refractivity contribution in [2.24, 2.45) is 0 Å². The maximum Gasteiger partial charge on any atom is 0.348 e. The van der Waals surface area contributed by atoms with Gasteiger partial charge < -0.3 is 24.3 Å². The Kier molecular flexibility index (Phi) is 6.70. The monoisotopic (exact) mass is 385 g/mol. The van der Waals surface area contributed by atoms with Crippen LogP contribution in [0, 0.1) is 6.92 Å². The third-order valence-corrected chi connectivity index (χ3v) is 4.89. The molecule has 1 aliphatic heterocycles. The maximum absolute atomic E-state index is 12.1. The van der Waals surface area contributed by atoms with Crippen molar-refractivity contribution in [3.63, 3.8) is 0 Å². The molecule has 0 radical (unpaired) electrons. The van der Waals surface area contributed by atoms with Crippen LogP contribution in [0.3, 0.4) is 0 Å². The molecule has 1 aromatic rings. The van der Waals surface area contributed by atoms with Crippen LogP contribution in [0.4, 0.5) is 5.00 Å². The van der Waals surface area contributed by atoms with E-state index in [2.05, 4.69) is 10.1 Å². The van der Waals surface area contributed by atoms with E-state index in [1.807, 2.05) is 0 Å². The average molecular weight is 385 g/mol. The molecule has 1 aliphatic rings. The quantitative estimate of drug-likeness (QED) is 0.575. The summed E-state index contributed by atoms with van der Waals surface area (Å²) in [6.07, 6.45) is 0.669. The number of hydrogen-bond donors (Lipinski definition) is 1. The van der Waals surface area contributed by atoms with Crippen molar-refractivity contribution in [2.75, 3.05) is 32.8 Å². The number of ether oxygens (including phenoxy) is 4. The summed E-state index contributed by atoms with van der Waals surface area (Å²) in [5.41, 5.74) is 0.386. The Hall–Kier alpha value is -2.46. The zero-order chi connectivity index (χ0) is 19.3. The molecule has 2 heterocycles. The van der Waals surface area contributed by atoms with Gasteiger partial charge in [-0.2, -0.15) is 0 Å². The topological polar surface area (TPSA) is 117 Å². The molecule has 0 unspecified atom stereocenters. The third kappa shape index (κ3) is 4.38. The van der Waals surface area contributed by atoms with Crippen LogP contribution in [-0.2, 0) is 28.5 Å². The number of amides is 1. The Labute approximate surface area is 153 Å². The molecule has 10 heteroatoms. The average Bonchev–Trinajstić information content (AvgIpc) is 3.27. The predicted molar refractivity (Wildman–Crippen MR) is 90.3 cm³/mol. The Morgan fingerprint density at radius 3 is 2.46 bits per heavy atom. The summed E-state index contributed by atoms with van der Waals surface area (Å²) in [6.45, 7) is 1.49. The fourth-order valence-corrected chi connectivity index (χ4v) is 3.52. The molecule has 26 heavy (non-hydrogen) atoms. The van der Waals surface area contributed by atoms with Gasteiger partial charge in [0.1, 0.15) is 9.88 Å². The number of nitrogens with one attached hydrogen (secondary N) is 1. The second-order valence-electron chi connectivity index (χ2n) is 5.40. The molecule has 0 saturated carbocycles. The SMILES string of the molecule is COC(=O)c1sc(NC(=O)COC(=O)[C@@H]2CCCO2)c(C(=O)OC)c1C. The van der Waals surface area contributed by atoms with Gasteiger partial charge in [0, 0.05) is 6.61 Å². The van der Waals surface area contributed by atoms with E-state index in [0.29, 0.717) is 18.6 Å². The van der Waals surface area contributed by atoms with Crippen LogP contribution in [-0.4, -0.2) is 57.4 Å². The van der Waals surface area contributed by atoms with Crippen molar-refractivity contribution in [1.29, 1.82) is 0 Å². The number of rotatable bonds is 6. The largest absolute Gasteiger partial charge is 0.465 e. The van der Waals surface area contributed by atoms with Crippen molar-refractivity contribution in [1.82, 2.24) is 0 Å². The van der Waals surface area contributed by atoms with Crippen molar-refractivity contribution >= 4 is 40.2 Å². The van der Waals surface area contributed by atoms with Crippen molar-refractivity contribution in [2.45, 2.75) is 25.9 Å². The zero-order valence-electron chi connectivity index (χ0n) is 14.6. The van der Waals surface area contributed by atoms with E-state index in [4.69, 9.17) is 14.2 Å². The molecule has 142 valence electrons. The molecular formula is C16H19NO8S. The number of methoxy groups -OCH3 is 2. The maximum atomic E-state index is 12.1. The highest BCUT2D eigenvalue weighted by atomic mass is 32.1. The van der Waals surface area contributed by atoms with Crippen molar-refractivity contribution in [3.8, 4) is 0 Å². The molecule has 0 aliphatic carbocycles.